The van der Waals surface area contributed by atoms with E-state index in [0.717, 1.165) is 11.1 Å². The molecule has 0 spiro atoms. The molecule has 4 atom stereocenters. The lowest BCUT2D eigenvalue weighted by atomic mass is 9.91. The Bertz CT molecular complexity index is 1400. The minimum Gasteiger partial charge on any atom is -0.493 e. The first kappa shape index (κ1) is 31.5. The standard InChI is InChI=1S/C33H41N3O8/c1-5-43-29-13-21(31(40)36-23-14-25(37)15-24(36)19-42-18-23)10-11-26(29)30(39)34-16-28(38)27-12-20-8-6-7-9-22(20)17-35(27)32(41)44-33(2,3)4/h6-11,13,23-24,27-28,38H,5,12,14-19H2,1-4H3,(H,34,39)/t23?,24?,27?,28-/m1/s1. The highest BCUT2D eigenvalue weighted by Gasteiger charge is 2.42. The third-order valence-electron chi connectivity index (χ3n) is 8.17. The topological polar surface area (TPSA) is 135 Å². The summed E-state index contributed by atoms with van der Waals surface area (Å²) in [5.74, 6) is -0.357. The van der Waals surface area contributed by atoms with Gasteiger partial charge >= 0.3 is 6.09 Å². The number of carbonyl (C=O) groups excluding carboxylic acids is 4. The van der Waals surface area contributed by atoms with E-state index in [1.54, 1.807) is 44.7 Å². The van der Waals surface area contributed by atoms with E-state index in [-0.39, 0.29) is 67.6 Å². The number of Topliss-reactive ketones (excluding diaryl/α,β-unsaturated/α-hetero) is 1. The molecule has 3 amide bonds. The van der Waals surface area contributed by atoms with Crippen LogP contribution in [-0.2, 0) is 27.2 Å². The number of benzene rings is 2. The summed E-state index contributed by atoms with van der Waals surface area (Å²) in [6.07, 6.45) is -0.680. The molecule has 0 aromatic heterocycles. The Morgan fingerprint density at radius 1 is 1.05 bits per heavy atom. The molecular weight excluding hydrogens is 566 g/mol. The number of hydrogen-bond acceptors (Lipinski definition) is 8. The van der Waals surface area contributed by atoms with Gasteiger partial charge in [0.25, 0.3) is 11.8 Å². The second-order valence-corrected chi connectivity index (χ2v) is 12.6. The second-order valence-electron chi connectivity index (χ2n) is 12.6. The zero-order valence-corrected chi connectivity index (χ0v) is 25.7. The Kier molecular flexibility index (Phi) is 9.26. The van der Waals surface area contributed by atoms with Crippen LogP contribution in [0.4, 0.5) is 4.79 Å². The van der Waals surface area contributed by atoms with Gasteiger partial charge in [-0.1, -0.05) is 24.3 Å². The molecule has 236 valence electrons. The summed E-state index contributed by atoms with van der Waals surface area (Å²) < 4.78 is 17.0. The molecule has 3 unspecified atom stereocenters. The van der Waals surface area contributed by atoms with E-state index in [1.807, 2.05) is 24.3 Å². The number of morpholine rings is 1. The van der Waals surface area contributed by atoms with Gasteiger partial charge in [-0.3, -0.25) is 19.3 Å². The van der Waals surface area contributed by atoms with Crippen molar-refractivity contribution in [2.75, 3.05) is 26.4 Å². The first-order valence-electron chi connectivity index (χ1n) is 15.2. The predicted octanol–water partition coefficient (Wildman–Crippen LogP) is 3.11. The van der Waals surface area contributed by atoms with Gasteiger partial charge in [-0.15, -0.1) is 0 Å². The molecule has 11 heteroatoms. The average molecular weight is 608 g/mol. The molecule has 11 nitrogen and oxygen atoms in total. The lowest BCUT2D eigenvalue weighted by Gasteiger charge is -2.45. The molecule has 3 aliphatic heterocycles. The summed E-state index contributed by atoms with van der Waals surface area (Å²) in [5.41, 5.74) is 1.86. The van der Waals surface area contributed by atoms with Gasteiger partial charge in [0.1, 0.15) is 17.1 Å². The van der Waals surface area contributed by atoms with Crippen molar-refractivity contribution >= 4 is 23.7 Å². The van der Waals surface area contributed by atoms with Crippen LogP contribution in [0.3, 0.4) is 0 Å². The first-order valence-corrected chi connectivity index (χ1v) is 15.2. The van der Waals surface area contributed by atoms with Crippen molar-refractivity contribution in [1.82, 2.24) is 15.1 Å². The highest BCUT2D eigenvalue weighted by molar-refractivity contribution is 6.01. The van der Waals surface area contributed by atoms with E-state index in [4.69, 9.17) is 14.2 Å². The number of ether oxygens (including phenoxy) is 3. The number of rotatable bonds is 7. The Balaban J connectivity index is 1.30. The highest BCUT2D eigenvalue weighted by atomic mass is 16.6. The van der Waals surface area contributed by atoms with Gasteiger partial charge in [0.15, 0.2) is 0 Å². The van der Waals surface area contributed by atoms with Crippen LogP contribution in [0.15, 0.2) is 42.5 Å². The molecule has 44 heavy (non-hydrogen) atoms. The Morgan fingerprint density at radius 2 is 1.73 bits per heavy atom. The van der Waals surface area contributed by atoms with E-state index in [1.165, 1.54) is 11.0 Å². The smallest absolute Gasteiger partial charge is 0.410 e. The van der Waals surface area contributed by atoms with Gasteiger partial charge in [0, 0.05) is 31.5 Å². The van der Waals surface area contributed by atoms with Gasteiger partial charge in [0.05, 0.1) is 49.6 Å². The fraction of sp³-hybridized carbons (Fsp3) is 0.515. The van der Waals surface area contributed by atoms with Crippen LogP contribution in [0.25, 0.3) is 0 Å². The molecule has 0 radical (unpaired) electrons. The number of fused-ring (bicyclic) bond motifs is 3. The van der Waals surface area contributed by atoms with Crippen molar-refractivity contribution in [2.45, 2.75) is 83.3 Å². The molecule has 2 N–H and O–H groups in total. The van der Waals surface area contributed by atoms with Crippen LogP contribution < -0.4 is 10.1 Å². The summed E-state index contributed by atoms with van der Waals surface area (Å²) >= 11 is 0. The normalized spacial score (nSPS) is 22.1. The van der Waals surface area contributed by atoms with Crippen LogP contribution in [0.1, 0.15) is 72.4 Å². The van der Waals surface area contributed by atoms with Gasteiger partial charge in [-0.05, 0) is 63.4 Å². The maximum absolute atomic E-state index is 13.5. The van der Waals surface area contributed by atoms with Crippen molar-refractivity contribution in [3.8, 4) is 5.75 Å². The van der Waals surface area contributed by atoms with Crippen molar-refractivity contribution in [2.24, 2.45) is 0 Å². The maximum atomic E-state index is 13.5. The molecule has 3 heterocycles. The third kappa shape index (κ3) is 6.89. The maximum Gasteiger partial charge on any atom is 0.410 e. The Morgan fingerprint density at radius 3 is 2.39 bits per heavy atom. The number of amides is 3. The molecule has 0 saturated carbocycles. The number of aliphatic hydroxyl groups is 1. The summed E-state index contributed by atoms with van der Waals surface area (Å²) in [6.45, 7) is 8.20. The first-order chi connectivity index (χ1) is 20.9. The summed E-state index contributed by atoms with van der Waals surface area (Å²) in [6, 6.07) is 11.2. The van der Waals surface area contributed by atoms with E-state index < -0.39 is 29.7 Å². The van der Waals surface area contributed by atoms with Gasteiger partial charge in [-0.2, -0.15) is 0 Å². The van der Waals surface area contributed by atoms with E-state index >= 15 is 0 Å². The molecule has 2 bridgehead atoms. The number of hydrogen-bond donors (Lipinski definition) is 2. The zero-order chi connectivity index (χ0) is 31.6. The second kappa shape index (κ2) is 13.0. The van der Waals surface area contributed by atoms with Crippen LogP contribution >= 0.6 is 0 Å². The molecule has 5 rings (SSSR count). The van der Waals surface area contributed by atoms with E-state index in [9.17, 15) is 24.3 Å². The zero-order valence-electron chi connectivity index (χ0n) is 25.7. The molecule has 2 aromatic carbocycles. The van der Waals surface area contributed by atoms with Crippen molar-refractivity contribution in [3.63, 3.8) is 0 Å². The van der Waals surface area contributed by atoms with Crippen molar-refractivity contribution in [1.29, 1.82) is 0 Å². The number of ketones is 1. The van der Waals surface area contributed by atoms with Gasteiger partial charge in [0.2, 0.25) is 0 Å². The highest BCUT2D eigenvalue weighted by Crippen LogP contribution is 2.30. The fourth-order valence-electron chi connectivity index (χ4n) is 6.16. The molecular formula is C33H41N3O8. The SMILES string of the molecule is CCOc1cc(C(=O)N2C3COCC2CC(=O)C3)ccc1C(=O)NC[C@@H](O)C1Cc2ccccc2CN1C(=O)OC(C)(C)C. The number of nitrogens with zero attached hydrogens (tertiary/aromatic N) is 2. The van der Waals surface area contributed by atoms with Gasteiger partial charge < -0.3 is 29.5 Å². The quantitative estimate of drug-likeness (QED) is 0.491. The molecule has 2 fully saturated rings. The van der Waals surface area contributed by atoms with Crippen LogP contribution in [0.5, 0.6) is 5.75 Å². The van der Waals surface area contributed by atoms with Crippen molar-refractivity contribution in [3.05, 3.63) is 64.7 Å². The summed E-state index contributed by atoms with van der Waals surface area (Å²) in [7, 11) is 0. The number of piperidine rings is 1. The van der Waals surface area contributed by atoms with Crippen LogP contribution in [-0.4, -0.2) is 94.8 Å². The molecule has 3 aliphatic rings. The minimum absolute atomic E-state index is 0.123. The van der Waals surface area contributed by atoms with Gasteiger partial charge in [-0.25, -0.2) is 4.79 Å². The van der Waals surface area contributed by atoms with Crippen LogP contribution in [0, 0.1) is 0 Å². The monoisotopic (exact) mass is 607 g/mol. The largest absolute Gasteiger partial charge is 0.493 e. The van der Waals surface area contributed by atoms with Crippen LogP contribution in [0.2, 0.25) is 0 Å². The Labute approximate surface area is 257 Å². The Hall–Kier alpha value is -3.96. The molecule has 0 aliphatic carbocycles. The number of aliphatic hydroxyl groups excluding tert-OH is 1. The predicted molar refractivity (Wildman–Crippen MR) is 160 cm³/mol. The minimum atomic E-state index is -1.08. The van der Waals surface area contributed by atoms with E-state index in [0.29, 0.717) is 25.2 Å². The van der Waals surface area contributed by atoms with E-state index in [2.05, 4.69) is 5.32 Å². The summed E-state index contributed by atoms with van der Waals surface area (Å²) in [4.78, 5) is 55.4. The molecule has 2 aromatic rings. The lowest BCUT2D eigenvalue weighted by molar-refractivity contribution is -0.131. The summed E-state index contributed by atoms with van der Waals surface area (Å²) in [5, 5.41) is 14.0. The average Bonchev–Trinajstić information content (AvgIpc) is 2.97. The fourth-order valence-corrected chi connectivity index (χ4v) is 6.16. The lowest BCUT2D eigenvalue weighted by Crippen LogP contribution is -2.59. The van der Waals surface area contributed by atoms with Crippen molar-refractivity contribution < 1.29 is 38.5 Å². The number of carbonyl (C=O) groups is 4. The third-order valence-corrected chi connectivity index (χ3v) is 8.17. The molecule has 2 saturated heterocycles. The number of nitrogens with one attached hydrogen (secondary N) is 1.